The van der Waals surface area contributed by atoms with Crippen LogP contribution in [0.3, 0.4) is 0 Å². The van der Waals surface area contributed by atoms with Crippen LogP contribution in [0.1, 0.15) is 38.5 Å². The van der Waals surface area contributed by atoms with Gasteiger partial charge in [0.25, 0.3) is 0 Å². The largest absolute Gasteiger partial charge is 0.508 e. The summed E-state index contributed by atoms with van der Waals surface area (Å²) < 4.78 is 5.95. The molecule has 0 aliphatic carbocycles. The molecule has 4 aromatic carbocycles. The molecule has 2 N–H and O–H groups in total. The number of aryl methyl sites for hydroxylation is 2. The molecule has 5 rings (SSSR count). The highest BCUT2D eigenvalue weighted by atomic mass is 16.5. The molecule has 0 saturated heterocycles. The summed E-state index contributed by atoms with van der Waals surface area (Å²) in [6, 6.07) is 23.7. The summed E-state index contributed by atoms with van der Waals surface area (Å²) in [5.74, 6) is -1.53. The average Bonchev–Trinajstić information content (AvgIpc) is 2.86. The molecule has 0 bridgehead atoms. The zero-order valence-electron chi connectivity index (χ0n) is 20.1. The van der Waals surface area contributed by atoms with E-state index >= 15 is 0 Å². The number of anilines is 2. The van der Waals surface area contributed by atoms with Crippen LogP contribution in [0.2, 0.25) is 0 Å². The number of carbonyl (C=O) groups is 2. The number of esters is 1. The third kappa shape index (κ3) is 3.96. The minimum absolute atomic E-state index is 0.154. The van der Waals surface area contributed by atoms with Crippen LogP contribution in [-0.4, -0.2) is 29.2 Å². The van der Waals surface area contributed by atoms with Gasteiger partial charge in [-0.25, -0.2) is 4.79 Å². The number of fused-ring (bicyclic) bond motifs is 2. The van der Waals surface area contributed by atoms with Gasteiger partial charge in [-0.1, -0.05) is 42.5 Å². The van der Waals surface area contributed by atoms with Crippen molar-refractivity contribution < 1.29 is 24.5 Å². The minimum Gasteiger partial charge on any atom is -0.508 e. The van der Waals surface area contributed by atoms with Crippen molar-refractivity contribution in [1.82, 2.24) is 0 Å². The lowest BCUT2D eigenvalue weighted by Gasteiger charge is -2.34. The number of carbonyl (C=O) groups excluding carboxylic acids is 1. The van der Waals surface area contributed by atoms with Crippen molar-refractivity contribution in [2.75, 3.05) is 11.9 Å². The van der Waals surface area contributed by atoms with Crippen molar-refractivity contribution in [2.45, 2.75) is 19.8 Å². The number of phenols is 1. The maximum absolute atomic E-state index is 13.7. The van der Waals surface area contributed by atoms with Gasteiger partial charge in [-0.05, 0) is 83.6 Å². The van der Waals surface area contributed by atoms with Gasteiger partial charge in [-0.15, -0.1) is 0 Å². The Kier molecular flexibility index (Phi) is 5.72. The van der Waals surface area contributed by atoms with Gasteiger partial charge in [0.2, 0.25) is 0 Å². The minimum atomic E-state index is -1.03. The van der Waals surface area contributed by atoms with Crippen LogP contribution in [0.25, 0.3) is 11.1 Å². The number of benzene rings is 4. The predicted octanol–water partition coefficient (Wildman–Crippen LogP) is 6.19. The first-order valence-corrected chi connectivity index (χ1v) is 11.6. The fourth-order valence-corrected chi connectivity index (χ4v) is 4.89. The standard InChI is InChI=1S/C30H25NO5/c1-17-14-21(29(33)34)15-18(2)28(17)36-30(35)27-23-6-4-5-7-25(23)31(3)26-16-20(10-13-24(26)27)19-8-11-22(32)12-9-19/h4-16,27,32H,1-3H3,(H,33,34). The molecular formula is C30H25NO5. The number of aromatic hydroxyl groups is 1. The monoisotopic (exact) mass is 479 g/mol. The van der Waals surface area contributed by atoms with Crippen LogP contribution in [0.5, 0.6) is 11.5 Å². The molecule has 1 unspecified atom stereocenters. The molecule has 0 saturated carbocycles. The van der Waals surface area contributed by atoms with E-state index in [1.54, 1.807) is 26.0 Å². The number of nitrogens with zero attached hydrogens (tertiary/aromatic N) is 1. The summed E-state index contributed by atoms with van der Waals surface area (Å²) in [7, 11) is 1.97. The van der Waals surface area contributed by atoms with Crippen molar-refractivity contribution in [1.29, 1.82) is 0 Å². The van der Waals surface area contributed by atoms with E-state index in [0.29, 0.717) is 16.9 Å². The summed E-state index contributed by atoms with van der Waals surface area (Å²) in [6.45, 7) is 3.48. The van der Waals surface area contributed by atoms with Crippen LogP contribution >= 0.6 is 0 Å². The lowest BCUT2D eigenvalue weighted by Crippen LogP contribution is -2.28. The number of ether oxygens (including phenoxy) is 1. The van der Waals surface area contributed by atoms with Crippen molar-refractivity contribution in [3.63, 3.8) is 0 Å². The van der Waals surface area contributed by atoms with Crippen molar-refractivity contribution in [2.24, 2.45) is 0 Å². The Morgan fingerprint density at radius 3 is 2.08 bits per heavy atom. The molecule has 36 heavy (non-hydrogen) atoms. The van der Waals surface area contributed by atoms with E-state index in [9.17, 15) is 19.8 Å². The van der Waals surface area contributed by atoms with Gasteiger partial charge in [-0.3, -0.25) is 4.79 Å². The molecule has 4 aromatic rings. The zero-order valence-corrected chi connectivity index (χ0v) is 20.1. The Hall–Kier alpha value is -4.58. The van der Waals surface area contributed by atoms with E-state index in [4.69, 9.17) is 4.74 Å². The molecule has 6 heteroatoms. The van der Waals surface area contributed by atoms with Crippen LogP contribution in [0.15, 0.2) is 78.9 Å². The van der Waals surface area contributed by atoms with Gasteiger partial charge in [-0.2, -0.15) is 0 Å². The van der Waals surface area contributed by atoms with E-state index < -0.39 is 17.9 Å². The van der Waals surface area contributed by atoms with E-state index in [-0.39, 0.29) is 11.3 Å². The molecule has 6 nitrogen and oxygen atoms in total. The number of para-hydroxylation sites is 1. The van der Waals surface area contributed by atoms with E-state index in [2.05, 4.69) is 4.90 Å². The van der Waals surface area contributed by atoms with Gasteiger partial charge in [0, 0.05) is 18.4 Å². The zero-order chi connectivity index (χ0) is 25.6. The average molecular weight is 480 g/mol. The predicted molar refractivity (Wildman–Crippen MR) is 138 cm³/mol. The summed E-state index contributed by atoms with van der Waals surface area (Å²) in [6.07, 6.45) is 0. The Morgan fingerprint density at radius 2 is 1.42 bits per heavy atom. The number of phenolic OH excluding ortho intramolecular Hbond substituents is 1. The maximum atomic E-state index is 13.7. The van der Waals surface area contributed by atoms with Gasteiger partial charge in [0.05, 0.1) is 5.56 Å². The normalized spacial score (nSPS) is 14.1. The molecule has 0 amide bonds. The van der Waals surface area contributed by atoms with Gasteiger partial charge >= 0.3 is 11.9 Å². The van der Waals surface area contributed by atoms with Crippen molar-refractivity contribution in [3.8, 4) is 22.6 Å². The van der Waals surface area contributed by atoms with E-state index in [1.165, 1.54) is 12.1 Å². The van der Waals surface area contributed by atoms with Gasteiger partial charge in [0.15, 0.2) is 0 Å². The highest BCUT2D eigenvalue weighted by molar-refractivity contribution is 5.94. The molecule has 1 atom stereocenters. The van der Waals surface area contributed by atoms with Crippen LogP contribution in [-0.2, 0) is 4.79 Å². The first kappa shape index (κ1) is 23.2. The highest BCUT2D eigenvalue weighted by Gasteiger charge is 2.35. The summed E-state index contributed by atoms with van der Waals surface area (Å²) >= 11 is 0. The topological polar surface area (TPSA) is 87.1 Å². The lowest BCUT2D eigenvalue weighted by atomic mass is 9.84. The lowest BCUT2D eigenvalue weighted by molar-refractivity contribution is -0.135. The SMILES string of the molecule is Cc1cc(C(=O)O)cc(C)c1OC(=O)C1c2ccccc2N(C)c2cc(-c3ccc(O)cc3)ccc21. The summed E-state index contributed by atoms with van der Waals surface area (Å²) in [5, 5.41) is 19.0. The van der Waals surface area contributed by atoms with E-state index in [0.717, 1.165) is 33.6 Å². The third-order valence-electron chi connectivity index (χ3n) is 6.66. The maximum Gasteiger partial charge on any atom is 0.335 e. The second-order valence-corrected chi connectivity index (χ2v) is 9.04. The van der Waals surface area contributed by atoms with Crippen LogP contribution in [0.4, 0.5) is 11.4 Å². The first-order chi connectivity index (χ1) is 17.2. The second kappa shape index (κ2) is 8.89. The third-order valence-corrected chi connectivity index (χ3v) is 6.66. The smallest absolute Gasteiger partial charge is 0.335 e. The molecular weight excluding hydrogens is 454 g/mol. The Labute approximate surface area is 209 Å². The molecule has 0 spiro atoms. The Balaban J connectivity index is 1.58. The number of carboxylic acid groups (broad SMARTS) is 1. The molecule has 1 heterocycles. The molecule has 0 aromatic heterocycles. The summed E-state index contributed by atoms with van der Waals surface area (Å²) in [4.78, 5) is 27.2. The van der Waals surface area contributed by atoms with Crippen LogP contribution < -0.4 is 9.64 Å². The fourth-order valence-electron chi connectivity index (χ4n) is 4.89. The number of aromatic carboxylic acids is 1. The number of hydrogen-bond donors (Lipinski definition) is 2. The molecule has 1 aliphatic rings. The number of hydrogen-bond acceptors (Lipinski definition) is 5. The number of carboxylic acids is 1. The van der Waals surface area contributed by atoms with Gasteiger partial charge < -0.3 is 19.8 Å². The molecule has 180 valence electrons. The van der Waals surface area contributed by atoms with Gasteiger partial charge in [0.1, 0.15) is 17.4 Å². The second-order valence-electron chi connectivity index (χ2n) is 9.04. The highest BCUT2D eigenvalue weighted by Crippen LogP contribution is 2.46. The molecule has 0 radical (unpaired) electrons. The van der Waals surface area contributed by atoms with Crippen molar-refractivity contribution in [3.05, 3.63) is 107 Å². The van der Waals surface area contributed by atoms with E-state index in [1.807, 2.05) is 61.6 Å². The first-order valence-electron chi connectivity index (χ1n) is 11.6. The number of rotatable bonds is 4. The fraction of sp³-hybridized carbons (Fsp3) is 0.133. The molecule has 1 aliphatic heterocycles. The Bertz CT molecular complexity index is 1480. The molecule has 0 fully saturated rings. The summed E-state index contributed by atoms with van der Waals surface area (Å²) in [5.41, 5.74) is 6.69. The quantitative estimate of drug-likeness (QED) is 0.268. The van der Waals surface area contributed by atoms with Crippen LogP contribution in [0, 0.1) is 13.8 Å². The van der Waals surface area contributed by atoms with Crippen molar-refractivity contribution >= 4 is 23.3 Å². The Morgan fingerprint density at radius 1 is 0.806 bits per heavy atom.